The number of amides is 2. The SMILES string of the molecule is Cc1cc(C)cc(NC(=O)NCCOc2ccc(C(C)(C)C)cc2)c1. The fourth-order valence-electron chi connectivity index (χ4n) is 2.61. The van der Waals surface area contributed by atoms with E-state index in [2.05, 4.69) is 49.6 Å². The molecule has 0 heterocycles. The molecule has 0 bridgehead atoms. The van der Waals surface area contributed by atoms with Crippen LogP contribution >= 0.6 is 0 Å². The lowest BCUT2D eigenvalue weighted by atomic mass is 9.87. The van der Waals surface area contributed by atoms with E-state index in [0.29, 0.717) is 13.2 Å². The third-order valence-corrected chi connectivity index (χ3v) is 3.86. The zero-order valence-electron chi connectivity index (χ0n) is 15.8. The van der Waals surface area contributed by atoms with Gasteiger partial charge < -0.3 is 15.4 Å². The number of hydrogen-bond acceptors (Lipinski definition) is 2. The molecule has 2 N–H and O–H groups in total. The highest BCUT2D eigenvalue weighted by Crippen LogP contribution is 2.24. The van der Waals surface area contributed by atoms with E-state index in [9.17, 15) is 4.79 Å². The maximum absolute atomic E-state index is 11.9. The molecular weight excluding hydrogens is 312 g/mol. The highest BCUT2D eigenvalue weighted by molar-refractivity contribution is 5.89. The number of ether oxygens (including phenoxy) is 1. The van der Waals surface area contributed by atoms with Crippen molar-refractivity contribution in [3.05, 3.63) is 59.2 Å². The molecule has 0 aliphatic heterocycles. The zero-order chi connectivity index (χ0) is 18.4. The molecule has 0 atom stereocenters. The number of benzene rings is 2. The maximum Gasteiger partial charge on any atom is 0.319 e. The van der Waals surface area contributed by atoms with Gasteiger partial charge in [-0.25, -0.2) is 4.79 Å². The van der Waals surface area contributed by atoms with Crippen LogP contribution in [0.2, 0.25) is 0 Å². The molecule has 0 spiro atoms. The summed E-state index contributed by atoms with van der Waals surface area (Å²) in [5.41, 5.74) is 4.45. The van der Waals surface area contributed by atoms with Gasteiger partial charge in [-0.05, 0) is 60.2 Å². The van der Waals surface area contributed by atoms with Crippen LogP contribution in [0.3, 0.4) is 0 Å². The maximum atomic E-state index is 11.9. The Morgan fingerprint density at radius 2 is 1.60 bits per heavy atom. The van der Waals surface area contributed by atoms with Crippen LogP contribution in [0.25, 0.3) is 0 Å². The van der Waals surface area contributed by atoms with Crippen LogP contribution < -0.4 is 15.4 Å². The van der Waals surface area contributed by atoms with E-state index in [0.717, 1.165) is 22.6 Å². The Hall–Kier alpha value is -2.49. The van der Waals surface area contributed by atoms with Crippen LogP contribution in [-0.2, 0) is 5.41 Å². The van der Waals surface area contributed by atoms with Gasteiger partial charge in [0.15, 0.2) is 0 Å². The highest BCUT2D eigenvalue weighted by atomic mass is 16.5. The van der Waals surface area contributed by atoms with Crippen LogP contribution in [0.15, 0.2) is 42.5 Å². The second-order valence-corrected chi connectivity index (χ2v) is 7.38. The summed E-state index contributed by atoms with van der Waals surface area (Å²) in [6.07, 6.45) is 0. The molecule has 134 valence electrons. The van der Waals surface area contributed by atoms with Crippen LogP contribution in [0, 0.1) is 13.8 Å². The first-order valence-electron chi connectivity index (χ1n) is 8.60. The Bertz CT molecular complexity index is 695. The van der Waals surface area contributed by atoms with Gasteiger partial charge in [0.25, 0.3) is 0 Å². The van der Waals surface area contributed by atoms with E-state index in [1.165, 1.54) is 5.56 Å². The topological polar surface area (TPSA) is 50.4 Å². The standard InChI is InChI=1S/C21H28N2O2/c1-15-12-16(2)14-18(13-15)23-20(24)22-10-11-25-19-8-6-17(7-9-19)21(3,4)5/h6-9,12-14H,10-11H2,1-5H3,(H2,22,23,24). The van der Waals surface area contributed by atoms with Crippen molar-refractivity contribution in [1.29, 1.82) is 0 Å². The van der Waals surface area contributed by atoms with Gasteiger partial charge in [0, 0.05) is 5.69 Å². The molecule has 0 aliphatic carbocycles. The van der Waals surface area contributed by atoms with Gasteiger partial charge in [0.1, 0.15) is 12.4 Å². The molecule has 0 aromatic heterocycles. The largest absolute Gasteiger partial charge is 0.492 e. The fourth-order valence-corrected chi connectivity index (χ4v) is 2.61. The highest BCUT2D eigenvalue weighted by Gasteiger charge is 2.12. The summed E-state index contributed by atoms with van der Waals surface area (Å²) < 4.78 is 5.67. The number of carbonyl (C=O) groups excluding carboxylic acids is 1. The summed E-state index contributed by atoms with van der Waals surface area (Å²) in [7, 11) is 0. The first kappa shape index (κ1) is 18.8. The minimum atomic E-state index is -0.225. The second-order valence-electron chi connectivity index (χ2n) is 7.38. The van der Waals surface area contributed by atoms with Crippen molar-refractivity contribution >= 4 is 11.7 Å². The summed E-state index contributed by atoms with van der Waals surface area (Å²) in [4.78, 5) is 11.9. The van der Waals surface area contributed by atoms with Crippen LogP contribution in [0.5, 0.6) is 5.75 Å². The molecule has 2 aromatic rings. The van der Waals surface area contributed by atoms with E-state index in [1.807, 2.05) is 38.1 Å². The van der Waals surface area contributed by atoms with E-state index < -0.39 is 0 Å². The second kappa shape index (κ2) is 8.06. The lowest BCUT2D eigenvalue weighted by molar-refractivity contribution is 0.247. The Morgan fingerprint density at radius 1 is 1.00 bits per heavy atom. The number of rotatable bonds is 5. The van der Waals surface area contributed by atoms with Crippen molar-refractivity contribution in [2.75, 3.05) is 18.5 Å². The van der Waals surface area contributed by atoms with E-state index in [4.69, 9.17) is 4.74 Å². The molecule has 4 nitrogen and oxygen atoms in total. The van der Waals surface area contributed by atoms with Crippen molar-refractivity contribution < 1.29 is 9.53 Å². The predicted octanol–water partition coefficient (Wildman–Crippen LogP) is 4.80. The molecule has 0 unspecified atom stereocenters. The number of nitrogens with one attached hydrogen (secondary N) is 2. The van der Waals surface area contributed by atoms with Crippen LogP contribution in [0.1, 0.15) is 37.5 Å². The molecule has 0 radical (unpaired) electrons. The number of carbonyl (C=O) groups is 1. The van der Waals surface area contributed by atoms with E-state index in [-0.39, 0.29) is 11.4 Å². The Kier molecular flexibility index (Phi) is 6.07. The summed E-state index contributed by atoms with van der Waals surface area (Å²) in [6, 6.07) is 13.8. The van der Waals surface area contributed by atoms with Gasteiger partial charge in [-0.3, -0.25) is 0 Å². The average molecular weight is 340 g/mol. The van der Waals surface area contributed by atoms with Gasteiger partial charge in [-0.2, -0.15) is 0 Å². The third kappa shape index (κ3) is 6.14. The third-order valence-electron chi connectivity index (χ3n) is 3.86. The molecule has 2 amide bonds. The number of hydrogen-bond donors (Lipinski definition) is 2. The summed E-state index contributed by atoms with van der Waals surface area (Å²) >= 11 is 0. The van der Waals surface area contributed by atoms with Crippen molar-refractivity contribution in [1.82, 2.24) is 5.32 Å². The van der Waals surface area contributed by atoms with Gasteiger partial charge in [-0.1, -0.05) is 39.0 Å². The Labute approximate surface area is 150 Å². The summed E-state index contributed by atoms with van der Waals surface area (Å²) in [5, 5.41) is 5.64. The van der Waals surface area contributed by atoms with Gasteiger partial charge in [0.2, 0.25) is 0 Å². The minimum Gasteiger partial charge on any atom is -0.492 e. The van der Waals surface area contributed by atoms with Crippen molar-refractivity contribution in [3.8, 4) is 5.75 Å². The summed E-state index contributed by atoms with van der Waals surface area (Å²) in [5.74, 6) is 0.810. The van der Waals surface area contributed by atoms with Gasteiger partial charge in [-0.15, -0.1) is 0 Å². The van der Waals surface area contributed by atoms with Crippen molar-refractivity contribution in [2.24, 2.45) is 0 Å². The zero-order valence-corrected chi connectivity index (χ0v) is 15.8. The molecule has 0 saturated heterocycles. The van der Waals surface area contributed by atoms with Crippen molar-refractivity contribution in [2.45, 2.75) is 40.0 Å². The number of aryl methyl sites for hydroxylation is 2. The van der Waals surface area contributed by atoms with E-state index in [1.54, 1.807) is 0 Å². The van der Waals surface area contributed by atoms with E-state index >= 15 is 0 Å². The minimum absolute atomic E-state index is 0.131. The predicted molar refractivity (Wildman–Crippen MR) is 104 cm³/mol. The average Bonchev–Trinajstić information content (AvgIpc) is 2.50. The first-order valence-corrected chi connectivity index (χ1v) is 8.60. The lowest BCUT2D eigenvalue weighted by Gasteiger charge is -2.19. The van der Waals surface area contributed by atoms with Crippen LogP contribution in [0.4, 0.5) is 10.5 Å². The smallest absolute Gasteiger partial charge is 0.319 e. The Morgan fingerprint density at radius 3 is 2.16 bits per heavy atom. The summed E-state index contributed by atoms with van der Waals surface area (Å²) in [6.45, 7) is 11.4. The first-order chi connectivity index (χ1) is 11.7. The van der Waals surface area contributed by atoms with Crippen molar-refractivity contribution in [3.63, 3.8) is 0 Å². The van der Waals surface area contributed by atoms with Gasteiger partial charge in [0.05, 0.1) is 6.54 Å². The number of anilines is 1. The van der Waals surface area contributed by atoms with Gasteiger partial charge >= 0.3 is 6.03 Å². The molecule has 0 saturated carbocycles. The van der Waals surface area contributed by atoms with Crippen LogP contribution in [-0.4, -0.2) is 19.2 Å². The molecule has 25 heavy (non-hydrogen) atoms. The quantitative estimate of drug-likeness (QED) is 0.768. The molecule has 2 rings (SSSR count). The molecule has 4 heteroatoms. The number of urea groups is 1. The molecule has 0 fully saturated rings. The Balaban J connectivity index is 1.74. The lowest BCUT2D eigenvalue weighted by Crippen LogP contribution is -2.32. The molecule has 2 aromatic carbocycles. The monoisotopic (exact) mass is 340 g/mol. The molecular formula is C21H28N2O2. The molecule has 0 aliphatic rings. The fraction of sp³-hybridized carbons (Fsp3) is 0.381. The normalized spacial score (nSPS) is 11.1.